The number of carbonyl (C=O) groups is 1. The Morgan fingerprint density at radius 2 is 1.74 bits per heavy atom. The van der Waals surface area contributed by atoms with E-state index in [0.29, 0.717) is 22.5 Å². The monoisotopic (exact) mass is 461 g/mol. The molecule has 1 aliphatic carbocycles. The van der Waals surface area contributed by atoms with Gasteiger partial charge in [0.05, 0.1) is 23.0 Å². The molecule has 0 saturated carbocycles. The number of halogens is 3. The van der Waals surface area contributed by atoms with Gasteiger partial charge in [-0.1, -0.05) is 48.5 Å². The maximum atomic E-state index is 13.0. The van der Waals surface area contributed by atoms with Gasteiger partial charge in [0.15, 0.2) is 0 Å². The quantitative estimate of drug-likeness (QED) is 0.361. The van der Waals surface area contributed by atoms with Crippen molar-refractivity contribution in [2.24, 2.45) is 0 Å². The molecule has 0 radical (unpaired) electrons. The van der Waals surface area contributed by atoms with E-state index in [-0.39, 0.29) is 11.9 Å². The van der Waals surface area contributed by atoms with Crippen LogP contribution in [0.5, 0.6) is 0 Å². The van der Waals surface area contributed by atoms with Crippen molar-refractivity contribution >= 4 is 5.91 Å². The summed E-state index contributed by atoms with van der Waals surface area (Å²) >= 11 is 0. The fourth-order valence-electron chi connectivity index (χ4n) is 4.42. The van der Waals surface area contributed by atoms with Crippen molar-refractivity contribution in [1.29, 1.82) is 0 Å². The van der Waals surface area contributed by atoms with E-state index in [2.05, 4.69) is 27.6 Å². The van der Waals surface area contributed by atoms with Gasteiger partial charge in [-0.3, -0.25) is 9.89 Å². The lowest BCUT2D eigenvalue weighted by molar-refractivity contribution is -0.137. The second-order valence-electron chi connectivity index (χ2n) is 8.44. The van der Waals surface area contributed by atoms with Gasteiger partial charge in [0, 0.05) is 11.1 Å². The molecule has 1 atom stereocenters. The van der Waals surface area contributed by atoms with Crippen LogP contribution in [-0.4, -0.2) is 16.1 Å². The van der Waals surface area contributed by atoms with Crippen LogP contribution < -0.4 is 5.32 Å². The Bertz CT molecular complexity index is 1330. The first kappa shape index (κ1) is 21.9. The molecule has 7 heteroatoms. The number of aryl methyl sites for hydroxylation is 1. The number of nitrogens with one attached hydrogen (secondary N) is 2. The maximum absolute atomic E-state index is 13.0. The molecule has 0 unspecified atom stereocenters. The van der Waals surface area contributed by atoms with Crippen LogP contribution in [0.15, 0.2) is 78.9 Å². The van der Waals surface area contributed by atoms with Crippen LogP contribution in [0, 0.1) is 0 Å². The normalized spacial score (nSPS) is 15.6. The highest BCUT2D eigenvalue weighted by molar-refractivity contribution is 5.95. The van der Waals surface area contributed by atoms with E-state index in [1.54, 1.807) is 36.4 Å². The van der Waals surface area contributed by atoms with E-state index in [0.717, 1.165) is 37.0 Å². The smallest absolute Gasteiger partial charge is 0.345 e. The number of hydrogen-bond acceptors (Lipinski definition) is 2. The molecule has 4 aromatic rings. The van der Waals surface area contributed by atoms with Crippen molar-refractivity contribution in [2.75, 3.05) is 0 Å². The standard InChI is InChI=1S/C27H22F3N3O/c28-27(29,30)21-8-3-7-20(15-21)25-16-24(32-33-25)18-11-13-19(14-12-18)26(34)31-23-10-4-6-17-5-1-2-9-22(17)23/h1-3,5,7-9,11-16,23H,4,6,10H2,(H,31,34)(H,32,33)/t23-/m0/s1. The molecule has 172 valence electrons. The zero-order valence-corrected chi connectivity index (χ0v) is 18.2. The fraction of sp³-hybridized carbons (Fsp3) is 0.185. The average molecular weight is 461 g/mol. The number of benzene rings is 3. The molecule has 1 heterocycles. The lowest BCUT2D eigenvalue weighted by atomic mass is 9.87. The van der Waals surface area contributed by atoms with E-state index in [1.165, 1.54) is 17.2 Å². The van der Waals surface area contributed by atoms with Gasteiger partial charge < -0.3 is 5.32 Å². The first-order valence-corrected chi connectivity index (χ1v) is 11.1. The molecule has 0 spiro atoms. The highest BCUT2D eigenvalue weighted by Gasteiger charge is 2.30. The molecule has 3 aromatic carbocycles. The molecule has 5 rings (SSSR count). The third-order valence-corrected chi connectivity index (χ3v) is 6.20. The zero-order chi connectivity index (χ0) is 23.7. The van der Waals surface area contributed by atoms with Crippen molar-refractivity contribution in [2.45, 2.75) is 31.5 Å². The predicted octanol–water partition coefficient (Wildman–Crippen LogP) is 6.57. The van der Waals surface area contributed by atoms with Gasteiger partial charge >= 0.3 is 6.18 Å². The van der Waals surface area contributed by atoms with Crippen LogP contribution >= 0.6 is 0 Å². The third kappa shape index (κ3) is 4.46. The minimum absolute atomic E-state index is 0.000228. The highest BCUT2D eigenvalue weighted by Crippen LogP contribution is 2.33. The average Bonchev–Trinajstić information content (AvgIpc) is 3.34. The highest BCUT2D eigenvalue weighted by atomic mass is 19.4. The molecule has 1 aromatic heterocycles. The zero-order valence-electron chi connectivity index (χ0n) is 18.2. The number of amides is 1. The number of carbonyl (C=O) groups excluding carboxylic acids is 1. The topological polar surface area (TPSA) is 57.8 Å². The van der Waals surface area contributed by atoms with Crippen LogP contribution in [0.3, 0.4) is 0 Å². The molecule has 0 fully saturated rings. The minimum atomic E-state index is -4.41. The first-order chi connectivity index (χ1) is 16.4. The van der Waals surface area contributed by atoms with E-state index in [1.807, 2.05) is 12.1 Å². The molecule has 0 bridgehead atoms. The SMILES string of the molecule is O=C(N[C@H]1CCCc2ccccc21)c1ccc(-c2cc(-c3cccc(C(F)(F)F)c3)n[nH]2)cc1. The Morgan fingerprint density at radius 1 is 0.941 bits per heavy atom. The van der Waals surface area contributed by atoms with Gasteiger partial charge in [-0.25, -0.2) is 0 Å². The van der Waals surface area contributed by atoms with Crippen LogP contribution in [-0.2, 0) is 12.6 Å². The Hall–Kier alpha value is -3.87. The van der Waals surface area contributed by atoms with Crippen molar-refractivity contribution in [3.8, 4) is 22.5 Å². The van der Waals surface area contributed by atoms with E-state index < -0.39 is 11.7 Å². The van der Waals surface area contributed by atoms with Crippen molar-refractivity contribution in [3.05, 3.63) is 101 Å². The predicted molar refractivity (Wildman–Crippen MR) is 124 cm³/mol. The Balaban J connectivity index is 1.31. The molecule has 0 aliphatic heterocycles. The van der Waals surface area contributed by atoms with Gasteiger partial charge in [0.25, 0.3) is 5.91 Å². The summed E-state index contributed by atoms with van der Waals surface area (Å²) in [4.78, 5) is 12.8. The number of rotatable bonds is 4. The molecular weight excluding hydrogens is 439 g/mol. The molecule has 4 nitrogen and oxygen atoms in total. The summed E-state index contributed by atoms with van der Waals surface area (Å²) in [5.41, 5.74) is 4.52. The Labute approximate surface area is 194 Å². The van der Waals surface area contributed by atoms with Crippen molar-refractivity contribution in [1.82, 2.24) is 15.5 Å². The summed E-state index contributed by atoms with van der Waals surface area (Å²) < 4.78 is 39.1. The number of alkyl halides is 3. The summed E-state index contributed by atoms with van der Waals surface area (Å²) in [5.74, 6) is -0.137. The van der Waals surface area contributed by atoms with Gasteiger partial charge in [-0.15, -0.1) is 0 Å². The minimum Gasteiger partial charge on any atom is -0.345 e. The first-order valence-electron chi connectivity index (χ1n) is 11.1. The summed E-state index contributed by atoms with van der Waals surface area (Å²) in [5, 5.41) is 10.2. The van der Waals surface area contributed by atoms with Gasteiger partial charge in [0.2, 0.25) is 0 Å². The van der Waals surface area contributed by atoms with Crippen LogP contribution in [0.1, 0.15) is 45.9 Å². The lowest BCUT2D eigenvalue weighted by Crippen LogP contribution is -2.30. The summed E-state index contributed by atoms with van der Waals surface area (Å²) in [6, 6.07) is 22.0. The van der Waals surface area contributed by atoms with Crippen molar-refractivity contribution in [3.63, 3.8) is 0 Å². The third-order valence-electron chi connectivity index (χ3n) is 6.20. The van der Waals surface area contributed by atoms with Gasteiger partial charge in [-0.2, -0.15) is 18.3 Å². The Morgan fingerprint density at radius 3 is 2.53 bits per heavy atom. The van der Waals surface area contributed by atoms with E-state index >= 15 is 0 Å². The molecule has 2 N–H and O–H groups in total. The van der Waals surface area contributed by atoms with Crippen LogP contribution in [0.25, 0.3) is 22.5 Å². The molecule has 1 aliphatic rings. The van der Waals surface area contributed by atoms with Crippen LogP contribution in [0.2, 0.25) is 0 Å². The number of aromatic nitrogens is 2. The molecule has 34 heavy (non-hydrogen) atoms. The van der Waals surface area contributed by atoms with E-state index in [9.17, 15) is 18.0 Å². The Kier molecular flexibility index (Phi) is 5.69. The fourth-order valence-corrected chi connectivity index (χ4v) is 4.42. The summed E-state index contributed by atoms with van der Waals surface area (Å²) in [6.07, 6.45) is -1.43. The van der Waals surface area contributed by atoms with E-state index in [4.69, 9.17) is 0 Å². The van der Waals surface area contributed by atoms with Crippen molar-refractivity contribution < 1.29 is 18.0 Å². The number of H-pyrrole nitrogens is 1. The van der Waals surface area contributed by atoms with Gasteiger partial charge in [0.1, 0.15) is 0 Å². The largest absolute Gasteiger partial charge is 0.416 e. The van der Waals surface area contributed by atoms with Crippen LogP contribution in [0.4, 0.5) is 13.2 Å². The van der Waals surface area contributed by atoms with Gasteiger partial charge in [-0.05, 0) is 66.3 Å². The number of aromatic amines is 1. The number of nitrogens with zero attached hydrogens (tertiary/aromatic N) is 1. The summed E-state index contributed by atoms with van der Waals surface area (Å²) in [7, 11) is 0. The second kappa shape index (κ2) is 8.82. The lowest BCUT2D eigenvalue weighted by Gasteiger charge is -2.26. The number of hydrogen-bond donors (Lipinski definition) is 2. The molecular formula is C27H22F3N3O. The molecule has 1 amide bonds. The number of fused-ring (bicyclic) bond motifs is 1. The molecule has 0 saturated heterocycles. The maximum Gasteiger partial charge on any atom is 0.416 e. The second-order valence-corrected chi connectivity index (χ2v) is 8.44. The summed E-state index contributed by atoms with van der Waals surface area (Å²) in [6.45, 7) is 0.